The summed E-state index contributed by atoms with van der Waals surface area (Å²) in [5.41, 5.74) is 0.119. The summed E-state index contributed by atoms with van der Waals surface area (Å²) in [6.45, 7) is 11.4. The van der Waals surface area contributed by atoms with E-state index in [2.05, 4.69) is 43.3 Å². The summed E-state index contributed by atoms with van der Waals surface area (Å²) in [5.74, 6) is -0.835. The van der Waals surface area contributed by atoms with Crippen molar-refractivity contribution >= 4 is 11.6 Å². The van der Waals surface area contributed by atoms with Crippen LogP contribution in [-0.4, -0.2) is 18.1 Å². The summed E-state index contributed by atoms with van der Waals surface area (Å²) < 4.78 is 27.0. The fraction of sp³-hybridized carbons (Fsp3) is 0.643. The molecule has 0 amide bonds. The summed E-state index contributed by atoms with van der Waals surface area (Å²) in [5, 5.41) is 5.72. The van der Waals surface area contributed by atoms with Gasteiger partial charge in [-0.2, -0.15) is 0 Å². The van der Waals surface area contributed by atoms with Crippen molar-refractivity contribution in [3.8, 4) is 0 Å². The van der Waals surface area contributed by atoms with Crippen LogP contribution in [0.25, 0.3) is 0 Å². The number of nitrogens with zero attached hydrogens (tertiary/aromatic N) is 1. The minimum Gasteiger partial charge on any atom is -0.368 e. The fourth-order valence-electron chi connectivity index (χ4n) is 1.44. The van der Waals surface area contributed by atoms with Gasteiger partial charge < -0.3 is 10.6 Å². The van der Waals surface area contributed by atoms with Crippen LogP contribution in [0.15, 0.2) is 6.07 Å². The van der Waals surface area contributed by atoms with E-state index in [0.29, 0.717) is 19.0 Å². The molecular formula is C14H23F2N3. The van der Waals surface area contributed by atoms with Crippen molar-refractivity contribution < 1.29 is 8.78 Å². The van der Waals surface area contributed by atoms with E-state index < -0.39 is 11.6 Å². The number of aromatic nitrogens is 1. The van der Waals surface area contributed by atoms with Crippen molar-refractivity contribution in [3.63, 3.8) is 0 Å². The van der Waals surface area contributed by atoms with Crippen LogP contribution in [0.1, 0.15) is 34.6 Å². The van der Waals surface area contributed by atoms with Gasteiger partial charge in [0.25, 0.3) is 0 Å². The average molecular weight is 271 g/mol. The minimum absolute atomic E-state index is 0.0785. The molecule has 3 nitrogen and oxygen atoms in total. The first-order chi connectivity index (χ1) is 8.75. The number of halogens is 2. The number of hydrogen-bond donors (Lipinski definition) is 2. The third kappa shape index (κ3) is 4.33. The molecule has 5 heteroatoms. The third-order valence-corrected chi connectivity index (χ3v) is 3.33. The zero-order valence-corrected chi connectivity index (χ0v) is 12.3. The Bertz CT molecular complexity index is 427. The first-order valence-electron chi connectivity index (χ1n) is 6.59. The second-order valence-electron chi connectivity index (χ2n) is 5.83. The quantitative estimate of drug-likeness (QED) is 0.853. The molecule has 1 aromatic heterocycles. The second-order valence-corrected chi connectivity index (χ2v) is 5.83. The molecule has 1 heterocycles. The lowest BCUT2D eigenvalue weighted by molar-refractivity contribution is 0.274. The zero-order valence-electron chi connectivity index (χ0n) is 12.3. The summed E-state index contributed by atoms with van der Waals surface area (Å²) in [6, 6.07) is 0.856. The monoisotopic (exact) mass is 271 g/mol. The smallest absolute Gasteiger partial charge is 0.168 e. The van der Waals surface area contributed by atoms with Crippen LogP contribution in [0.2, 0.25) is 0 Å². The SMILES string of the molecule is CCNc1nc(NCC(C)C(C)(C)C)c(F)cc1F. The van der Waals surface area contributed by atoms with E-state index in [1.807, 2.05) is 6.92 Å². The van der Waals surface area contributed by atoms with Gasteiger partial charge in [-0.25, -0.2) is 13.8 Å². The minimum atomic E-state index is -0.672. The Morgan fingerprint density at radius 1 is 1.16 bits per heavy atom. The van der Waals surface area contributed by atoms with E-state index in [4.69, 9.17) is 0 Å². The Morgan fingerprint density at radius 2 is 1.68 bits per heavy atom. The van der Waals surface area contributed by atoms with Gasteiger partial charge in [0.2, 0.25) is 0 Å². The highest BCUT2D eigenvalue weighted by molar-refractivity contribution is 5.47. The molecule has 0 spiro atoms. The van der Waals surface area contributed by atoms with Crippen LogP contribution >= 0.6 is 0 Å². The predicted molar refractivity (Wildman–Crippen MR) is 75.4 cm³/mol. The maximum Gasteiger partial charge on any atom is 0.168 e. The van der Waals surface area contributed by atoms with Crippen molar-refractivity contribution in [3.05, 3.63) is 17.7 Å². The maximum absolute atomic E-state index is 13.6. The van der Waals surface area contributed by atoms with Crippen LogP contribution in [-0.2, 0) is 0 Å². The van der Waals surface area contributed by atoms with E-state index in [1.165, 1.54) is 0 Å². The van der Waals surface area contributed by atoms with Gasteiger partial charge in [0.15, 0.2) is 23.3 Å². The first-order valence-corrected chi connectivity index (χ1v) is 6.59. The van der Waals surface area contributed by atoms with Gasteiger partial charge in [0.05, 0.1) is 0 Å². The molecule has 1 unspecified atom stereocenters. The fourth-order valence-corrected chi connectivity index (χ4v) is 1.44. The molecule has 0 aliphatic carbocycles. The Kier molecular flexibility index (Phi) is 5.09. The topological polar surface area (TPSA) is 37.0 Å². The Morgan fingerprint density at radius 3 is 2.16 bits per heavy atom. The number of hydrogen-bond acceptors (Lipinski definition) is 3. The molecule has 0 saturated carbocycles. The molecule has 19 heavy (non-hydrogen) atoms. The molecule has 2 N–H and O–H groups in total. The molecule has 0 aromatic carbocycles. The Labute approximate surface area is 113 Å². The lowest BCUT2D eigenvalue weighted by Gasteiger charge is -2.27. The zero-order chi connectivity index (χ0) is 14.6. The van der Waals surface area contributed by atoms with E-state index in [1.54, 1.807) is 0 Å². The molecule has 0 radical (unpaired) electrons. The second kappa shape index (κ2) is 6.17. The highest BCUT2D eigenvalue weighted by Gasteiger charge is 2.20. The lowest BCUT2D eigenvalue weighted by Crippen LogP contribution is -2.25. The van der Waals surface area contributed by atoms with E-state index in [-0.39, 0.29) is 17.1 Å². The van der Waals surface area contributed by atoms with Crippen LogP contribution in [0, 0.1) is 23.0 Å². The van der Waals surface area contributed by atoms with Gasteiger partial charge in [-0.05, 0) is 18.3 Å². The molecule has 0 fully saturated rings. The third-order valence-electron chi connectivity index (χ3n) is 3.33. The largest absolute Gasteiger partial charge is 0.368 e. The van der Waals surface area contributed by atoms with Gasteiger partial charge in [-0.15, -0.1) is 0 Å². The molecule has 108 valence electrons. The van der Waals surface area contributed by atoms with Crippen LogP contribution in [0.4, 0.5) is 20.4 Å². The molecule has 1 atom stereocenters. The molecule has 0 saturated heterocycles. The number of rotatable bonds is 5. The molecular weight excluding hydrogens is 248 g/mol. The summed E-state index contributed by atoms with van der Waals surface area (Å²) >= 11 is 0. The summed E-state index contributed by atoms with van der Waals surface area (Å²) in [6.07, 6.45) is 0. The highest BCUT2D eigenvalue weighted by Crippen LogP contribution is 2.26. The summed E-state index contributed by atoms with van der Waals surface area (Å²) in [4.78, 5) is 3.94. The van der Waals surface area contributed by atoms with Gasteiger partial charge in [0.1, 0.15) is 0 Å². The van der Waals surface area contributed by atoms with Gasteiger partial charge in [-0.3, -0.25) is 0 Å². The molecule has 1 rings (SSSR count). The Balaban J connectivity index is 2.81. The first kappa shape index (κ1) is 15.7. The van der Waals surface area contributed by atoms with Gasteiger partial charge in [0, 0.05) is 19.2 Å². The van der Waals surface area contributed by atoms with Gasteiger partial charge >= 0.3 is 0 Å². The van der Waals surface area contributed by atoms with E-state index >= 15 is 0 Å². The van der Waals surface area contributed by atoms with Crippen molar-refractivity contribution in [2.45, 2.75) is 34.6 Å². The number of anilines is 2. The lowest BCUT2D eigenvalue weighted by atomic mass is 9.82. The van der Waals surface area contributed by atoms with Crippen LogP contribution in [0.3, 0.4) is 0 Å². The van der Waals surface area contributed by atoms with Crippen LogP contribution in [0.5, 0.6) is 0 Å². The van der Waals surface area contributed by atoms with E-state index in [0.717, 1.165) is 6.07 Å². The standard InChI is InChI=1S/C14H23F2N3/c1-6-17-12-10(15)7-11(16)13(19-12)18-8-9(2)14(3,4)5/h7,9H,6,8H2,1-5H3,(H2,17,18,19). The van der Waals surface area contributed by atoms with Crippen molar-refractivity contribution in [1.82, 2.24) is 4.98 Å². The Hall–Kier alpha value is -1.39. The predicted octanol–water partition coefficient (Wildman–Crippen LogP) is 3.89. The molecule has 1 aromatic rings. The van der Waals surface area contributed by atoms with Crippen molar-refractivity contribution in [1.29, 1.82) is 0 Å². The van der Waals surface area contributed by atoms with Crippen molar-refractivity contribution in [2.24, 2.45) is 11.3 Å². The normalized spacial score (nSPS) is 13.2. The maximum atomic E-state index is 13.6. The van der Waals surface area contributed by atoms with E-state index in [9.17, 15) is 8.78 Å². The molecule has 0 bridgehead atoms. The molecule has 0 aliphatic rings. The highest BCUT2D eigenvalue weighted by atomic mass is 19.1. The summed E-state index contributed by atoms with van der Waals surface area (Å²) in [7, 11) is 0. The molecule has 0 aliphatic heterocycles. The van der Waals surface area contributed by atoms with Crippen molar-refractivity contribution in [2.75, 3.05) is 23.7 Å². The average Bonchev–Trinajstić information content (AvgIpc) is 2.29. The number of nitrogens with one attached hydrogen (secondary N) is 2. The van der Waals surface area contributed by atoms with Gasteiger partial charge in [-0.1, -0.05) is 27.7 Å². The number of pyridine rings is 1. The van der Waals surface area contributed by atoms with Crippen LogP contribution < -0.4 is 10.6 Å².